The molecule has 2 N–H and O–H groups in total. The van der Waals surface area contributed by atoms with Gasteiger partial charge in [0.1, 0.15) is 5.75 Å². The Morgan fingerprint density at radius 2 is 2.20 bits per heavy atom. The summed E-state index contributed by atoms with van der Waals surface area (Å²) in [7, 11) is 0. The summed E-state index contributed by atoms with van der Waals surface area (Å²) >= 11 is 0. The van der Waals surface area contributed by atoms with E-state index < -0.39 is 6.04 Å². The van der Waals surface area contributed by atoms with Crippen LogP contribution in [0.2, 0.25) is 0 Å². The zero-order valence-electron chi connectivity index (χ0n) is 12.1. The molecule has 1 amide bonds. The second-order valence-corrected chi connectivity index (χ2v) is 5.08. The molecule has 1 aliphatic rings. The van der Waals surface area contributed by atoms with E-state index in [-0.39, 0.29) is 18.3 Å². The molecule has 0 bridgehead atoms. The minimum Gasteiger partial charge on any atom is -0.494 e. The Labute approximate surface area is 126 Å². The summed E-state index contributed by atoms with van der Waals surface area (Å²) in [6, 6.07) is 5.71. The van der Waals surface area contributed by atoms with E-state index in [9.17, 15) is 4.79 Å². The minimum atomic E-state index is -0.422. The number of nitrogens with zero attached hydrogens (tertiary/aromatic N) is 1. The van der Waals surface area contributed by atoms with Crippen LogP contribution in [0.1, 0.15) is 31.4 Å². The van der Waals surface area contributed by atoms with Crippen LogP contribution in [0.15, 0.2) is 18.2 Å². The third-order valence-electron chi connectivity index (χ3n) is 3.36. The van der Waals surface area contributed by atoms with Gasteiger partial charge in [-0.25, -0.2) is 0 Å². The second kappa shape index (κ2) is 7.50. The Bertz CT molecular complexity index is 463. The Balaban J connectivity index is 0.00000200. The SMILES string of the molecule is CCCOc1ccc2c(c1)CCN(C(=O)[C@@H](C)N)C2.Cl. The van der Waals surface area contributed by atoms with Gasteiger partial charge >= 0.3 is 0 Å². The van der Waals surface area contributed by atoms with Crippen molar-refractivity contribution in [1.82, 2.24) is 4.90 Å². The topological polar surface area (TPSA) is 55.6 Å². The number of nitrogens with two attached hydrogens (primary N) is 1. The van der Waals surface area contributed by atoms with Gasteiger partial charge in [-0.3, -0.25) is 4.79 Å². The van der Waals surface area contributed by atoms with Gasteiger partial charge in [-0.2, -0.15) is 0 Å². The van der Waals surface area contributed by atoms with Gasteiger partial charge in [0.15, 0.2) is 0 Å². The highest BCUT2D eigenvalue weighted by Gasteiger charge is 2.22. The predicted molar refractivity (Wildman–Crippen MR) is 82.2 cm³/mol. The van der Waals surface area contributed by atoms with Gasteiger partial charge in [-0.1, -0.05) is 13.0 Å². The quantitative estimate of drug-likeness (QED) is 0.926. The summed E-state index contributed by atoms with van der Waals surface area (Å²) in [6.45, 7) is 5.97. The van der Waals surface area contributed by atoms with E-state index in [4.69, 9.17) is 10.5 Å². The van der Waals surface area contributed by atoms with Crippen molar-refractivity contribution in [2.75, 3.05) is 13.2 Å². The molecule has 1 aliphatic heterocycles. The summed E-state index contributed by atoms with van der Waals surface area (Å²) in [5, 5.41) is 0. The molecule has 112 valence electrons. The number of carbonyl (C=O) groups is 1. The first-order valence-electron chi connectivity index (χ1n) is 6.90. The number of hydrogen-bond acceptors (Lipinski definition) is 3. The average Bonchev–Trinajstić information content (AvgIpc) is 2.43. The molecule has 1 aromatic carbocycles. The number of rotatable bonds is 4. The third kappa shape index (κ3) is 3.87. The second-order valence-electron chi connectivity index (χ2n) is 5.08. The lowest BCUT2D eigenvalue weighted by Gasteiger charge is -2.30. The molecular weight excluding hydrogens is 276 g/mol. The van der Waals surface area contributed by atoms with E-state index in [2.05, 4.69) is 19.1 Å². The van der Waals surface area contributed by atoms with Crippen LogP contribution in [-0.2, 0) is 17.8 Å². The lowest BCUT2D eigenvalue weighted by Crippen LogP contribution is -2.44. The van der Waals surface area contributed by atoms with E-state index in [1.165, 1.54) is 11.1 Å². The summed E-state index contributed by atoms with van der Waals surface area (Å²) in [6.07, 6.45) is 1.88. The average molecular weight is 299 g/mol. The first-order chi connectivity index (χ1) is 9.11. The van der Waals surface area contributed by atoms with Crippen molar-refractivity contribution in [2.45, 2.75) is 39.3 Å². The van der Waals surface area contributed by atoms with E-state index in [0.29, 0.717) is 6.54 Å². The van der Waals surface area contributed by atoms with Crippen molar-refractivity contribution >= 4 is 18.3 Å². The van der Waals surface area contributed by atoms with Gasteiger partial charge in [-0.05, 0) is 43.0 Å². The highest BCUT2D eigenvalue weighted by molar-refractivity contribution is 5.85. The maximum Gasteiger partial charge on any atom is 0.239 e. The van der Waals surface area contributed by atoms with Crippen molar-refractivity contribution in [3.05, 3.63) is 29.3 Å². The minimum absolute atomic E-state index is 0. The number of hydrogen-bond donors (Lipinski definition) is 1. The van der Waals surface area contributed by atoms with Crippen LogP contribution in [0.5, 0.6) is 5.75 Å². The van der Waals surface area contributed by atoms with E-state index in [1.807, 2.05) is 11.0 Å². The maximum atomic E-state index is 11.9. The molecule has 0 unspecified atom stereocenters. The molecular formula is C15H23ClN2O2. The molecule has 1 aromatic rings. The van der Waals surface area contributed by atoms with Gasteiger partial charge < -0.3 is 15.4 Å². The first kappa shape index (κ1) is 16.8. The molecule has 1 heterocycles. The molecule has 0 aromatic heterocycles. The van der Waals surface area contributed by atoms with Crippen LogP contribution in [0.3, 0.4) is 0 Å². The zero-order chi connectivity index (χ0) is 13.8. The van der Waals surface area contributed by atoms with E-state index in [1.54, 1.807) is 6.92 Å². The fraction of sp³-hybridized carbons (Fsp3) is 0.533. The molecule has 0 fully saturated rings. The van der Waals surface area contributed by atoms with E-state index >= 15 is 0 Å². The lowest BCUT2D eigenvalue weighted by molar-refractivity contribution is -0.133. The third-order valence-corrected chi connectivity index (χ3v) is 3.36. The van der Waals surface area contributed by atoms with Crippen LogP contribution in [0, 0.1) is 0 Å². The molecule has 0 spiro atoms. The highest BCUT2D eigenvalue weighted by atomic mass is 35.5. The largest absolute Gasteiger partial charge is 0.494 e. The van der Waals surface area contributed by atoms with Crippen LogP contribution >= 0.6 is 12.4 Å². The van der Waals surface area contributed by atoms with Gasteiger partial charge in [0.2, 0.25) is 5.91 Å². The maximum absolute atomic E-state index is 11.9. The molecule has 2 rings (SSSR count). The monoisotopic (exact) mass is 298 g/mol. The zero-order valence-corrected chi connectivity index (χ0v) is 12.9. The van der Waals surface area contributed by atoms with Gasteiger partial charge in [0.25, 0.3) is 0 Å². The summed E-state index contributed by atoms with van der Waals surface area (Å²) in [5.41, 5.74) is 8.13. The summed E-state index contributed by atoms with van der Waals surface area (Å²) < 4.78 is 5.63. The summed E-state index contributed by atoms with van der Waals surface area (Å²) in [5.74, 6) is 0.949. The lowest BCUT2D eigenvalue weighted by atomic mass is 9.99. The molecule has 0 radical (unpaired) electrons. The summed E-state index contributed by atoms with van der Waals surface area (Å²) in [4.78, 5) is 13.7. The van der Waals surface area contributed by atoms with Crippen LogP contribution in [0.4, 0.5) is 0 Å². The smallest absolute Gasteiger partial charge is 0.239 e. The van der Waals surface area contributed by atoms with Crippen molar-refractivity contribution in [1.29, 1.82) is 0 Å². The Morgan fingerprint density at radius 3 is 2.85 bits per heavy atom. The molecule has 0 saturated carbocycles. The molecule has 1 atom stereocenters. The number of fused-ring (bicyclic) bond motifs is 1. The van der Waals surface area contributed by atoms with Gasteiger partial charge in [-0.15, -0.1) is 12.4 Å². The highest BCUT2D eigenvalue weighted by Crippen LogP contribution is 2.24. The number of benzene rings is 1. The number of carbonyl (C=O) groups excluding carboxylic acids is 1. The van der Waals surface area contributed by atoms with Gasteiger partial charge in [0.05, 0.1) is 12.6 Å². The van der Waals surface area contributed by atoms with E-state index in [0.717, 1.165) is 31.7 Å². The normalized spacial score (nSPS) is 15.1. The van der Waals surface area contributed by atoms with Crippen LogP contribution in [-0.4, -0.2) is 30.0 Å². The number of ether oxygens (including phenoxy) is 1. The van der Waals surface area contributed by atoms with Crippen molar-refractivity contribution in [3.8, 4) is 5.75 Å². The number of amides is 1. The van der Waals surface area contributed by atoms with Crippen molar-refractivity contribution in [2.24, 2.45) is 5.73 Å². The number of halogens is 1. The fourth-order valence-corrected chi connectivity index (χ4v) is 2.32. The predicted octanol–water partition coefficient (Wildman–Crippen LogP) is 2.13. The molecule has 0 aliphatic carbocycles. The Morgan fingerprint density at radius 1 is 1.45 bits per heavy atom. The fourth-order valence-electron chi connectivity index (χ4n) is 2.32. The van der Waals surface area contributed by atoms with Crippen LogP contribution < -0.4 is 10.5 Å². The van der Waals surface area contributed by atoms with Crippen molar-refractivity contribution < 1.29 is 9.53 Å². The molecule has 4 nitrogen and oxygen atoms in total. The van der Waals surface area contributed by atoms with Crippen molar-refractivity contribution in [3.63, 3.8) is 0 Å². The molecule has 5 heteroatoms. The standard InChI is InChI=1S/C15H22N2O2.ClH/c1-3-8-19-14-5-4-13-10-17(15(18)11(2)16)7-6-12(13)9-14;/h4-5,9,11H,3,6-8,10,16H2,1-2H3;1H/t11-;/m1./s1. The van der Waals surface area contributed by atoms with Crippen LogP contribution in [0.25, 0.3) is 0 Å². The molecule has 0 saturated heterocycles. The molecule has 20 heavy (non-hydrogen) atoms. The Hall–Kier alpha value is -1.26. The first-order valence-corrected chi connectivity index (χ1v) is 6.90. The Kier molecular flexibility index (Phi) is 6.30. The van der Waals surface area contributed by atoms with Gasteiger partial charge in [0, 0.05) is 13.1 Å².